The summed E-state index contributed by atoms with van der Waals surface area (Å²) < 4.78 is 5.21. The van der Waals surface area contributed by atoms with Gasteiger partial charge >= 0.3 is 12.2 Å². The number of carbonyl (C=O) groups is 2. The highest BCUT2D eigenvalue weighted by Gasteiger charge is 2.32. The van der Waals surface area contributed by atoms with Crippen LogP contribution in [0.25, 0.3) is 10.8 Å². The molecule has 2 N–H and O–H groups in total. The lowest BCUT2D eigenvalue weighted by molar-refractivity contribution is 0.0603. The molecule has 0 aliphatic carbocycles. The molecule has 2 aromatic rings. The smallest absolute Gasteiger partial charge is 0.437 e. The van der Waals surface area contributed by atoms with Crippen molar-refractivity contribution in [3.8, 4) is 0 Å². The standard InChI is InChI=1S/C20H23N3O4/c1-12-11-23(15-10-9-13-7-5-6-8-14(13)16(12)15)17(21-18(24)25)22-19(26)27-20(2,3)4/h5-10,12H,11H2,1-4H3,(H,24,25)(H,21,22,26). The second-order valence-electron chi connectivity index (χ2n) is 7.58. The quantitative estimate of drug-likeness (QED) is 0.533. The highest BCUT2D eigenvalue weighted by molar-refractivity contribution is 6.10. The third-order valence-corrected chi connectivity index (χ3v) is 4.25. The number of guanidine groups is 1. The second-order valence-corrected chi connectivity index (χ2v) is 7.58. The van der Waals surface area contributed by atoms with E-state index in [2.05, 4.69) is 17.2 Å². The fourth-order valence-electron chi connectivity index (χ4n) is 3.32. The maximum atomic E-state index is 12.1. The lowest BCUT2D eigenvalue weighted by atomic mass is 9.96. The molecule has 1 atom stereocenters. The molecule has 3 rings (SSSR count). The maximum absolute atomic E-state index is 12.1. The van der Waals surface area contributed by atoms with Crippen molar-refractivity contribution in [3.63, 3.8) is 0 Å². The number of nitrogens with zero attached hydrogens (tertiary/aromatic N) is 2. The number of anilines is 1. The van der Waals surface area contributed by atoms with Gasteiger partial charge in [-0.3, -0.25) is 5.32 Å². The van der Waals surface area contributed by atoms with E-state index >= 15 is 0 Å². The van der Waals surface area contributed by atoms with Crippen LogP contribution >= 0.6 is 0 Å². The lowest BCUT2D eigenvalue weighted by Crippen LogP contribution is -2.44. The Bertz CT molecular complexity index is 930. The van der Waals surface area contributed by atoms with Gasteiger partial charge in [-0.1, -0.05) is 37.3 Å². The summed E-state index contributed by atoms with van der Waals surface area (Å²) in [5.74, 6) is 0.0863. The summed E-state index contributed by atoms with van der Waals surface area (Å²) in [6.45, 7) is 7.75. The summed E-state index contributed by atoms with van der Waals surface area (Å²) in [6, 6.07) is 11.9. The van der Waals surface area contributed by atoms with Crippen LogP contribution in [0.5, 0.6) is 0 Å². The number of benzene rings is 2. The molecule has 0 fully saturated rings. The number of hydrogen-bond acceptors (Lipinski definition) is 3. The Morgan fingerprint density at radius 1 is 1.22 bits per heavy atom. The minimum atomic E-state index is -1.29. The molecular weight excluding hydrogens is 346 g/mol. The molecule has 1 aliphatic rings. The van der Waals surface area contributed by atoms with Crippen LogP contribution in [0.4, 0.5) is 15.3 Å². The molecule has 0 saturated heterocycles. The van der Waals surface area contributed by atoms with Gasteiger partial charge in [0.25, 0.3) is 0 Å². The Morgan fingerprint density at radius 2 is 1.93 bits per heavy atom. The zero-order valence-corrected chi connectivity index (χ0v) is 15.8. The van der Waals surface area contributed by atoms with E-state index in [1.54, 1.807) is 25.7 Å². The molecular formula is C20H23N3O4. The molecule has 142 valence electrons. The third kappa shape index (κ3) is 4.02. The summed E-state index contributed by atoms with van der Waals surface area (Å²) >= 11 is 0. The van der Waals surface area contributed by atoms with E-state index in [-0.39, 0.29) is 11.9 Å². The molecule has 7 heteroatoms. The van der Waals surface area contributed by atoms with Crippen molar-refractivity contribution >= 4 is 34.6 Å². The van der Waals surface area contributed by atoms with Crippen molar-refractivity contribution in [1.29, 1.82) is 0 Å². The van der Waals surface area contributed by atoms with Gasteiger partial charge in [-0.25, -0.2) is 9.59 Å². The second kappa shape index (κ2) is 6.90. The fraction of sp³-hybridized carbons (Fsp3) is 0.350. The minimum Gasteiger partial charge on any atom is -0.465 e. The van der Waals surface area contributed by atoms with Crippen LogP contribution in [-0.2, 0) is 4.74 Å². The molecule has 0 radical (unpaired) electrons. The first-order valence-corrected chi connectivity index (χ1v) is 8.76. The molecule has 2 amide bonds. The largest absolute Gasteiger partial charge is 0.465 e. The van der Waals surface area contributed by atoms with E-state index in [1.807, 2.05) is 36.4 Å². The first-order chi connectivity index (χ1) is 12.7. The monoisotopic (exact) mass is 369 g/mol. The zero-order chi connectivity index (χ0) is 19.8. The van der Waals surface area contributed by atoms with Gasteiger partial charge in [-0.05, 0) is 43.2 Å². The number of carboxylic acid groups (broad SMARTS) is 1. The van der Waals surface area contributed by atoms with Gasteiger partial charge in [-0.15, -0.1) is 4.99 Å². The van der Waals surface area contributed by atoms with E-state index in [0.29, 0.717) is 6.54 Å². The summed E-state index contributed by atoms with van der Waals surface area (Å²) in [7, 11) is 0. The molecule has 0 aromatic heterocycles. The van der Waals surface area contributed by atoms with Crippen LogP contribution in [0.15, 0.2) is 41.4 Å². The lowest BCUT2D eigenvalue weighted by Gasteiger charge is -2.22. The fourth-order valence-corrected chi connectivity index (χ4v) is 3.32. The van der Waals surface area contributed by atoms with E-state index in [1.165, 1.54) is 0 Å². The number of nitrogens with one attached hydrogen (secondary N) is 1. The summed E-state index contributed by atoms with van der Waals surface area (Å²) in [5.41, 5.74) is 1.22. The molecule has 0 bridgehead atoms. The van der Waals surface area contributed by atoms with Crippen molar-refractivity contribution in [2.75, 3.05) is 11.4 Å². The normalized spacial score (nSPS) is 17.0. The molecule has 1 heterocycles. The maximum Gasteiger partial charge on any atom is 0.437 e. The highest BCUT2D eigenvalue weighted by Crippen LogP contribution is 2.40. The van der Waals surface area contributed by atoms with Crippen molar-refractivity contribution in [3.05, 3.63) is 42.0 Å². The predicted molar refractivity (Wildman–Crippen MR) is 105 cm³/mol. The van der Waals surface area contributed by atoms with Gasteiger partial charge in [0.1, 0.15) is 5.60 Å². The SMILES string of the molecule is CC1CN(/C(=N/C(=O)OC(C)(C)C)NC(=O)O)c2ccc3ccccc3c21. The minimum absolute atomic E-state index is 0.0577. The predicted octanol–water partition coefficient (Wildman–Crippen LogP) is 4.32. The molecule has 0 spiro atoms. The number of fused-ring (bicyclic) bond motifs is 3. The molecule has 1 unspecified atom stereocenters. The van der Waals surface area contributed by atoms with Crippen LogP contribution in [0, 0.1) is 0 Å². The summed E-state index contributed by atoms with van der Waals surface area (Å²) in [6.07, 6.45) is -2.13. The Kier molecular flexibility index (Phi) is 4.78. The number of carbonyl (C=O) groups excluding carboxylic acids is 1. The number of hydrogen-bond donors (Lipinski definition) is 2. The summed E-state index contributed by atoms with van der Waals surface area (Å²) in [5, 5.41) is 13.7. The Labute approximate surface area is 157 Å². The number of ether oxygens (including phenoxy) is 1. The molecule has 1 aliphatic heterocycles. The van der Waals surface area contributed by atoms with Gasteiger partial charge in [-0.2, -0.15) is 0 Å². The first kappa shape index (κ1) is 18.7. The summed E-state index contributed by atoms with van der Waals surface area (Å²) in [4.78, 5) is 29.0. The third-order valence-electron chi connectivity index (χ3n) is 4.25. The molecule has 27 heavy (non-hydrogen) atoms. The molecule has 0 saturated carbocycles. The van der Waals surface area contributed by atoms with Gasteiger partial charge in [0.15, 0.2) is 0 Å². The van der Waals surface area contributed by atoms with Gasteiger partial charge < -0.3 is 14.7 Å². The van der Waals surface area contributed by atoms with Crippen molar-refractivity contribution in [2.24, 2.45) is 4.99 Å². The average molecular weight is 369 g/mol. The van der Waals surface area contributed by atoms with Crippen LogP contribution in [0.2, 0.25) is 0 Å². The van der Waals surface area contributed by atoms with Crippen LogP contribution in [0.1, 0.15) is 39.2 Å². The van der Waals surface area contributed by atoms with E-state index in [4.69, 9.17) is 4.74 Å². The van der Waals surface area contributed by atoms with Crippen LogP contribution < -0.4 is 10.2 Å². The Morgan fingerprint density at radius 3 is 2.59 bits per heavy atom. The van der Waals surface area contributed by atoms with Gasteiger partial charge in [0.2, 0.25) is 5.96 Å². The van der Waals surface area contributed by atoms with Crippen LogP contribution in [-0.4, -0.2) is 35.4 Å². The van der Waals surface area contributed by atoms with Crippen LogP contribution in [0.3, 0.4) is 0 Å². The number of amides is 2. The van der Waals surface area contributed by atoms with E-state index in [9.17, 15) is 14.7 Å². The number of rotatable bonds is 0. The molecule has 7 nitrogen and oxygen atoms in total. The molecule has 2 aromatic carbocycles. The highest BCUT2D eigenvalue weighted by atomic mass is 16.6. The van der Waals surface area contributed by atoms with E-state index < -0.39 is 17.8 Å². The Balaban J connectivity index is 2.04. The van der Waals surface area contributed by atoms with Crippen molar-refractivity contribution < 1.29 is 19.4 Å². The topological polar surface area (TPSA) is 91.2 Å². The number of aliphatic imine (C=N–C) groups is 1. The van der Waals surface area contributed by atoms with E-state index in [0.717, 1.165) is 22.0 Å². The zero-order valence-electron chi connectivity index (χ0n) is 15.8. The first-order valence-electron chi connectivity index (χ1n) is 8.76. The van der Waals surface area contributed by atoms with Crippen molar-refractivity contribution in [1.82, 2.24) is 5.32 Å². The Hall–Kier alpha value is -3.09. The van der Waals surface area contributed by atoms with Gasteiger partial charge in [0.05, 0.1) is 0 Å². The average Bonchev–Trinajstić information content (AvgIpc) is 2.89. The van der Waals surface area contributed by atoms with Gasteiger partial charge in [0, 0.05) is 18.2 Å². The van der Waals surface area contributed by atoms with Crippen molar-refractivity contribution in [2.45, 2.75) is 39.2 Å².